The average molecular weight is 385 g/mol. The minimum absolute atomic E-state index is 0.365. The molecule has 0 heterocycles. The van der Waals surface area contributed by atoms with Crippen LogP contribution in [0.3, 0.4) is 0 Å². The molecule has 0 fully saturated rings. The number of carbonyl (C=O) groups is 1. The lowest BCUT2D eigenvalue weighted by molar-refractivity contribution is 0.134. The molecule has 2 rings (SSSR count). The smallest absolute Gasteiger partial charge is 0.409 e. The minimum Gasteiger partial charge on any atom is -0.497 e. The Morgan fingerprint density at radius 2 is 1.57 bits per heavy atom. The topological polar surface area (TPSA) is 57.2 Å². The Bertz CT molecular complexity index is 814. The first-order chi connectivity index (χ1) is 13.5. The molecule has 0 atom stereocenters. The van der Waals surface area contributed by atoms with Gasteiger partial charge in [-0.05, 0) is 47.4 Å². The van der Waals surface area contributed by atoms with E-state index in [1.54, 1.807) is 28.4 Å². The first-order valence-corrected chi connectivity index (χ1v) is 8.88. The lowest BCUT2D eigenvalue weighted by Gasteiger charge is -2.17. The van der Waals surface area contributed by atoms with Gasteiger partial charge in [0.25, 0.3) is 0 Å². The lowest BCUT2D eigenvalue weighted by Crippen LogP contribution is -2.28. The van der Waals surface area contributed by atoms with Gasteiger partial charge in [0, 0.05) is 13.6 Å². The van der Waals surface area contributed by atoms with Crippen LogP contribution in [0.5, 0.6) is 17.2 Å². The number of rotatable bonds is 8. The Kier molecular flexibility index (Phi) is 7.75. The number of ether oxygens (including phenoxy) is 4. The Labute approximate surface area is 166 Å². The van der Waals surface area contributed by atoms with Crippen molar-refractivity contribution in [1.29, 1.82) is 0 Å². The van der Waals surface area contributed by atoms with Crippen molar-refractivity contribution in [3.05, 3.63) is 53.1 Å². The van der Waals surface area contributed by atoms with Gasteiger partial charge in [-0.2, -0.15) is 0 Å². The van der Waals surface area contributed by atoms with Gasteiger partial charge in [-0.25, -0.2) is 4.79 Å². The first kappa shape index (κ1) is 21.2. The molecule has 28 heavy (non-hydrogen) atoms. The number of hydrogen-bond acceptors (Lipinski definition) is 5. The molecule has 0 bridgehead atoms. The van der Waals surface area contributed by atoms with Crippen molar-refractivity contribution in [2.24, 2.45) is 0 Å². The molecule has 0 radical (unpaired) electrons. The molecule has 0 aromatic heterocycles. The van der Waals surface area contributed by atoms with Crippen molar-refractivity contribution in [3.63, 3.8) is 0 Å². The number of nitrogens with zero attached hydrogens (tertiary/aromatic N) is 1. The number of carbonyl (C=O) groups excluding carboxylic acids is 1. The molecule has 0 saturated carbocycles. The Morgan fingerprint density at radius 1 is 0.929 bits per heavy atom. The van der Waals surface area contributed by atoms with Gasteiger partial charge in [-0.3, -0.25) is 0 Å². The third-order valence-corrected chi connectivity index (χ3v) is 4.42. The zero-order valence-electron chi connectivity index (χ0n) is 17.0. The second kappa shape index (κ2) is 10.3. The molecule has 0 aliphatic heterocycles. The second-order valence-corrected chi connectivity index (χ2v) is 6.15. The van der Waals surface area contributed by atoms with Crippen molar-refractivity contribution in [2.45, 2.75) is 6.42 Å². The van der Waals surface area contributed by atoms with Crippen molar-refractivity contribution < 1.29 is 23.7 Å². The molecule has 6 heteroatoms. The molecule has 6 nitrogen and oxygen atoms in total. The number of hydrogen-bond donors (Lipinski definition) is 0. The Morgan fingerprint density at radius 3 is 2.14 bits per heavy atom. The third kappa shape index (κ3) is 5.42. The Hall–Kier alpha value is -3.15. The predicted octanol–water partition coefficient (Wildman–Crippen LogP) is 4.12. The maximum Gasteiger partial charge on any atom is 0.409 e. The van der Waals surface area contributed by atoms with Crippen LogP contribution in [0.2, 0.25) is 0 Å². The summed E-state index contributed by atoms with van der Waals surface area (Å²) < 4.78 is 20.8. The minimum atomic E-state index is -0.365. The molecular weight excluding hydrogens is 358 g/mol. The van der Waals surface area contributed by atoms with Gasteiger partial charge in [0.1, 0.15) is 5.75 Å². The summed E-state index contributed by atoms with van der Waals surface area (Å²) in [6, 6.07) is 11.7. The molecule has 0 saturated heterocycles. The zero-order valence-corrected chi connectivity index (χ0v) is 17.0. The van der Waals surface area contributed by atoms with Gasteiger partial charge in [0.2, 0.25) is 0 Å². The van der Waals surface area contributed by atoms with E-state index in [9.17, 15) is 4.79 Å². The van der Waals surface area contributed by atoms with Gasteiger partial charge >= 0.3 is 6.09 Å². The number of likely N-dealkylation sites (N-methyl/N-ethyl adjacent to an activating group) is 1. The SMILES string of the molecule is COC(=O)N(C)CCc1cc(OC)c(OC)cc1/C=C/c1ccc(OC)cc1. The van der Waals surface area contributed by atoms with E-state index in [0.717, 1.165) is 22.4 Å². The number of benzene rings is 2. The first-order valence-electron chi connectivity index (χ1n) is 8.88. The van der Waals surface area contributed by atoms with E-state index in [2.05, 4.69) is 0 Å². The van der Waals surface area contributed by atoms with E-state index < -0.39 is 0 Å². The van der Waals surface area contributed by atoms with Crippen LogP contribution in [0, 0.1) is 0 Å². The van der Waals surface area contributed by atoms with E-state index in [1.165, 1.54) is 12.0 Å². The monoisotopic (exact) mass is 385 g/mol. The van der Waals surface area contributed by atoms with Crippen LogP contribution < -0.4 is 14.2 Å². The summed E-state index contributed by atoms with van der Waals surface area (Å²) in [5.74, 6) is 2.12. The third-order valence-electron chi connectivity index (χ3n) is 4.42. The van der Waals surface area contributed by atoms with Crippen LogP contribution in [0.15, 0.2) is 36.4 Å². The van der Waals surface area contributed by atoms with Crippen LogP contribution in [0.25, 0.3) is 12.2 Å². The highest BCUT2D eigenvalue weighted by atomic mass is 16.5. The van der Waals surface area contributed by atoms with Crippen LogP contribution in [0.1, 0.15) is 16.7 Å². The van der Waals surface area contributed by atoms with Gasteiger partial charge in [0.05, 0.1) is 28.4 Å². The van der Waals surface area contributed by atoms with Crippen molar-refractivity contribution in [2.75, 3.05) is 42.0 Å². The van der Waals surface area contributed by atoms with Gasteiger partial charge < -0.3 is 23.8 Å². The summed E-state index contributed by atoms with van der Waals surface area (Å²) in [7, 11) is 7.94. The van der Waals surface area contributed by atoms with Gasteiger partial charge in [-0.15, -0.1) is 0 Å². The maximum atomic E-state index is 11.6. The maximum absolute atomic E-state index is 11.6. The molecule has 1 amide bonds. The van der Waals surface area contributed by atoms with Crippen molar-refractivity contribution in [1.82, 2.24) is 4.90 Å². The molecule has 0 aliphatic carbocycles. The summed E-state index contributed by atoms with van der Waals surface area (Å²) in [5.41, 5.74) is 3.08. The molecule has 0 spiro atoms. The number of amides is 1. The van der Waals surface area contributed by atoms with E-state index in [4.69, 9.17) is 18.9 Å². The Balaban J connectivity index is 2.30. The van der Waals surface area contributed by atoms with E-state index in [0.29, 0.717) is 24.5 Å². The van der Waals surface area contributed by atoms with E-state index in [1.807, 2.05) is 48.6 Å². The van der Waals surface area contributed by atoms with Crippen LogP contribution in [-0.2, 0) is 11.2 Å². The van der Waals surface area contributed by atoms with Gasteiger partial charge in [-0.1, -0.05) is 24.3 Å². The fourth-order valence-corrected chi connectivity index (χ4v) is 2.74. The van der Waals surface area contributed by atoms with Gasteiger partial charge in [0.15, 0.2) is 11.5 Å². The van der Waals surface area contributed by atoms with Crippen molar-refractivity contribution in [3.8, 4) is 17.2 Å². The molecule has 2 aromatic rings. The summed E-state index contributed by atoms with van der Waals surface area (Å²) in [6.07, 6.45) is 4.33. The highest BCUT2D eigenvalue weighted by Gasteiger charge is 2.13. The quantitative estimate of drug-likeness (QED) is 0.640. The fourth-order valence-electron chi connectivity index (χ4n) is 2.74. The average Bonchev–Trinajstić information content (AvgIpc) is 2.75. The zero-order chi connectivity index (χ0) is 20.5. The normalized spacial score (nSPS) is 10.6. The molecule has 2 aromatic carbocycles. The highest BCUT2D eigenvalue weighted by molar-refractivity contribution is 5.73. The largest absolute Gasteiger partial charge is 0.497 e. The fraction of sp³-hybridized carbons (Fsp3) is 0.318. The standard InChI is InChI=1S/C22H27NO5/c1-23(22(24)28-5)13-12-18-15-21(27-4)20(26-3)14-17(18)9-6-16-7-10-19(25-2)11-8-16/h6-11,14-15H,12-13H2,1-5H3/b9-6+. The van der Waals surface area contributed by atoms with E-state index in [-0.39, 0.29) is 6.09 Å². The molecule has 0 N–H and O–H groups in total. The van der Waals surface area contributed by atoms with E-state index >= 15 is 0 Å². The summed E-state index contributed by atoms with van der Waals surface area (Å²) in [6.45, 7) is 0.519. The number of methoxy groups -OCH3 is 4. The van der Waals surface area contributed by atoms with Crippen LogP contribution >= 0.6 is 0 Å². The summed E-state index contributed by atoms with van der Waals surface area (Å²) >= 11 is 0. The molecular formula is C22H27NO5. The van der Waals surface area contributed by atoms with Crippen LogP contribution in [-0.4, -0.2) is 53.0 Å². The molecule has 0 aliphatic rings. The highest BCUT2D eigenvalue weighted by Crippen LogP contribution is 2.32. The second-order valence-electron chi connectivity index (χ2n) is 6.15. The molecule has 150 valence electrons. The lowest BCUT2D eigenvalue weighted by atomic mass is 10.0. The van der Waals surface area contributed by atoms with Crippen LogP contribution in [0.4, 0.5) is 4.79 Å². The summed E-state index contributed by atoms with van der Waals surface area (Å²) in [5, 5.41) is 0. The van der Waals surface area contributed by atoms with Crippen molar-refractivity contribution >= 4 is 18.2 Å². The molecule has 0 unspecified atom stereocenters. The predicted molar refractivity (Wildman–Crippen MR) is 110 cm³/mol. The summed E-state index contributed by atoms with van der Waals surface area (Å²) in [4.78, 5) is 13.2.